The van der Waals surface area contributed by atoms with Crippen LogP contribution in [0.25, 0.3) is 0 Å². The highest BCUT2D eigenvalue weighted by molar-refractivity contribution is 5.47. The Bertz CT molecular complexity index is 848. The lowest BCUT2D eigenvalue weighted by Gasteiger charge is -2.22. The van der Waals surface area contributed by atoms with E-state index in [9.17, 15) is 17.6 Å². The molecule has 0 spiro atoms. The van der Waals surface area contributed by atoms with Crippen LogP contribution in [0, 0.1) is 41.0 Å². The molecule has 1 atom stereocenters. The van der Waals surface area contributed by atoms with Gasteiger partial charge in [0.05, 0.1) is 5.56 Å². The van der Waals surface area contributed by atoms with Crippen molar-refractivity contribution in [1.29, 1.82) is 0 Å². The van der Waals surface area contributed by atoms with E-state index < -0.39 is 23.3 Å². The first-order valence-corrected chi connectivity index (χ1v) is 7.59. The summed E-state index contributed by atoms with van der Waals surface area (Å²) in [6.45, 7) is 3.78. The molecule has 0 bridgehead atoms. The quantitative estimate of drug-likeness (QED) is 0.301. The topological polar surface area (TPSA) is 0 Å². The zero-order valence-electron chi connectivity index (χ0n) is 12.8. The van der Waals surface area contributed by atoms with E-state index in [0.29, 0.717) is 17.9 Å². The number of fused-ring (bicyclic) bond motifs is 1. The summed E-state index contributed by atoms with van der Waals surface area (Å²) in [7, 11) is 0. The highest BCUT2D eigenvalue weighted by atomic mass is 19.2. The fourth-order valence-electron chi connectivity index (χ4n) is 2.90. The predicted octanol–water partition coefficient (Wildman–Crippen LogP) is 4.93. The zero-order chi connectivity index (χ0) is 17.3. The average molecular weight is 330 g/mol. The minimum atomic E-state index is -1.54. The molecule has 0 saturated heterocycles. The third-order valence-corrected chi connectivity index (χ3v) is 4.25. The van der Waals surface area contributed by atoms with E-state index in [2.05, 4.69) is 18.4 Å². The lowest BCUT2D eigenvalue weighted by atomic mass is 9.83. The van der Waals surface area contributed by atoms with Gasteiger partial charge >= 0.3 is 0 Å². The molecular formula is C20H14F4. The molecule has 24 heavy (non-hydrogen) atoms. The SMILES string of the molecule is C=CC1CCc2c(ccc(C#Cc3cc(F)c(F)c(F)c3)c2F)C1. The summed E-state index contributed by atoms with van der Waals surface area (Å²) in [5, 5.41) is 0. The standard InChI is InChI=1S/C20H14F4/c1-2-12-4-8-16-15(9-12)7-6-14(19(16)23)5-3-13-10-17(21)20(24)18(22)11-13/h2,6-7,10-12H,1,4,8-9H2. The summed E-state index contributed by atoms with van der Waals surface area (Å²) < 4.78 is 53.8. The second-order valence-electron chi connectivity index (χ2n) is 5.81. The number of rotatable bonds is 1. The smallest absolute Gasteiger partial charge is 0.194 e. The van der Waals surface area contributed by atoms with Crippen molar-refractivity contribution < 1.29 is 17.6 Å². The molecule has 2 aromatic rings. The Kier molecular flexibility index (Phi) is 4.44. The van der Waals surface area contributed by atoms with Crippen molar-refractivity contribution >= 4 is 0 Å². The summed E-state index contributed by atoms with van der Waals surface area (Å²) in [6, 6.07) is 4.96. The average Bonchev–Trinajstić information content (AvgIpc) is 2.58. The van der Waals surface area contributed by atoms with E-state index in [0.717, 1.165) is 30.5 Å². The molecule has 0 N–H and O–H groups in total. The van der Waals surface area contributed by atoms with Crippen LogP contribution in [0.15, 0.2) is 36.9 Å². The molecule has 2 aromatic carbocycles. The molecular weight excluding hydrogens is 316 g/mol. The largest absolute Gasteiger partial charge is 0.205 e. The van der Waals surface area contributed by atoms with Gasteiger partial charge in [0.25, 0.3) is 0 Å². The fraction of sp³-hybridized carbons (Fsp3) is 0.200. The maximum Gasteiger partial charge on any atom is 0.194 e. The van der Waals surface area contributed by atoms with Gasteiger partial charge in [-0.1, -0.05) is 24.0 Å². The van der Waals surface area contributed by atoms with E-state index >= 15 is 0 Å². The van der Waals surface area contributed by atoms with Crippen LogP contribution in [0.4, 0.5) is 17.6 Å². The molecule has 4 heteroatoms. The minimum absolute atomic E-state index is 0.0461. The first kappa shape index (κ1) is 16.3. The highest BCUT2D eigenvalue weighted by Gasteiger charge is 2.20. The lowest BCUT2D eigenvalue weighted by molar-refractivity contribution is 0.446. The number of allylic oxidation sites excluding steroid dienone is 1. The molecule has 1 unspecified atom stereocenters. The van der Waals surface area contributed by atoms with Crippen LogP contribution in [-0.4, -0.2) is 0 Å². The van der Waals surface area contributed by atoms with Gasteiger partial charge in [0.1, 0.15) is 5.82 Å². The van der Waals surface area contributed by atoms with Crippen LogP contribution < -0.4 is 0 Å². The van der Waals surface area contributed by atoms with E-state index in [4.69, 9.17) is 0 Å². The lowest BCUT2D eigenvalue weighted by Crippen LogP contribution is -2.14. The van der Waals surface area contributed by atoms with Crippen molar-refractivity contribution in [3.63, 3.8) is 0 Å². The number of hydrogen-bond acceptors (Lipinski definition) is 0. The second-order valence-corrected chi connectivity index (χ2v) is 5.81. The van der Waals surface area contributed by atoms with Crippen molar-refractivity contribution in [1.82, 2.24) is 0 Å². The molecule has 0 saturated carbocycles. The zero-order valence-corrected chi connectivity index (χ0v) is 12.8. The molecule has 0 aliphatic heterocycles. The number of benzene rings is 2. The van der Waals surface area contributed by atoms with Crippen LogP contribution in [0.5, 0.6) is 0 Å². The van der Waals surface area contributed by atoms with Crippen molar-refractivity contribution in [3.05, 3.63) is 82.4 Å². The highest BCUT2D eigenvalue weighted by Crippen LogP contribution is 2.29. The Balaban J connectivity index is 1.94. The monoisotopic (exact) mass is 330 g/mol. The van der Waals surface area contributed by atoms with Crippen LogP contribution in [0.1, 0.15) is 28.7 Å². The van der Waals surface area contributed by atoms with Gasteiger partial charge in [0.2, 0.25) is 0 Å². The normalized spacial score (nSPS) is 16.1. The first-order valence-electron chi connectivity index (χ1n) is 7.59. The molecule has 0 heterocycles. The summed E-state index contributed by atoms with van der Waals surface area (Å²) >= 11 is 0. The van der Waals surface area contributed by atoms with Gasteiger partial charge in [-0.25, -0.2) is 17.6 Å². The van der Waals surface area contributed by atoms with Gasteiger partial charge in [-0.05, 0) is 54.5 Å². The number of halogens is 4. The number of hydrogen-bond donors (Lipinski definition) is 0. The summed E-state index contributed by atoms with van der Waals surface area (Å²) in [4.78, 5) is 0. The van der Waals surface area contributed by atoms with E-state index in [-0.39, 0.29) is 11.1 Å². The molecule has 0 fully saturated rings. The third kappa shape index (κ3) is 3.07. The molecule has 0 nitrogen and oxygen atoms in total. The van der Waals surface area contributed by atoms with Crippen LogP contribution in [0.2, 0.25) is 0 Å². The molecule has 122 valence electrons. The van der Waals surface area contributed by atoms with Crippen molar-refractivity contribution in [2.24, 2.45) is 5.92 Å². The van der Waals surface area contributed by atoms with Crippen molar-refractivity contribution in [3.8, 4) is 11.8 Å². The van der Waals surface area contributed by atoms with Gasteiger partial charge in [-0.2, -0.15) is 0 Å². The van der Waals surface area contributed by atoms with Gasteiger partial charge < -0.3 is 0 Å². The molecule has 0 radical (unpaired) electrons. The molecule has 3 rings (SSSR count). The van der Waals surface area contributed by atoms with Crippen LogP contribution in [-0.2, 0) is 12.8 Å². The third-order valence-electron chi connectivity index (χ3n) is 4.25. The van der Waals surface area contributed by atoms with E-state index in [1.54, 1.807) is 6.07 Å². The Morgan fingerprint density at radius 3 is 2.38 bits per heavy atom. The Morgan fingerprint density at radius 2 is 1.71 bits per heavy atom. The Morgan fingerprint density at radius 1 is 1.00 bits per heavy atom. The van der Waals surface area contributed by atoms with Gasteiger partial charge in [0, 0.05) is 5.56 Å². The maximum absolute atomic E-state index is 14.6. The molecule has 0 amide bonds. The Hall–Kier alpha value is -2.54. The minimum Gasteiger partial charge on any atom is -0.205 e. The Labute approximate surface area is 137 Å². The van der Waals surface area contributed by atoms with E-state index in [1.807, 2.05) is 12.1 Å². The maximum atomic E-state index is 14.6. The van der Waals surface area contributed by atoms with Crippen LogP contribution >= 0.6 is 0 Å². The summed E-state index contributed by atoms with van der Waals surface area (Å²) in [5.74, 6) is 0.829. The summed E-state index contributed by atoms with van der Waals surface area (Å²) in [5.41, 5.74) is 1.69. The van der Waals surface area contributed by atoms with Crippen molar-refractivity contribution in [2.45, 2.75) is 19.3 Å². The fourth-order valence-corrected chi connectivity index (χ4v) is 2.90. The molecule has 1 aliphatic rings. The van der Waals surface area contributed by atoms with Gasteiger partial charge in [-0.15, -0.1) is 6.58 Å². The van der Waals surface area contributed by atoms with Gasteiger partial charge in [-0.3, -0.25) is 0 Å². The van der Waals surface area contributed by atoms with Gasteiger partial charge in [0.15, 0.2) is 17.5 Å². The summed E-state index contributed by atoms with van der Waals surface area (Å²) in [6.07, 6.45) is 4.07. The first-order chi connectivity index (χ1) is 11.5. The van der Waals surface area contributed by atoms with Crippen molar-refractivity contribution in [2.75, 3.05) is 0 Å². The molecule has 0 aromatic heterocycles. The second kappa shape index (κ2) is 6.52. The molecule has 1 aliphatic carbocycles. The van der Waals surface area contributed by atoms with Crippen LogP contribution in [0.3, 0.4) is 0 Å². The predicted molar refractivity (Wildman–Crippen MR) is 84.4 cm³/mol. The van der Waals surface area contributed by atoms with E-state index in [1.165, 1.54) is 0 Å².